The zero-order chi connectivity index (χ0) is 31.3. The lowest BCUT2D eigenvalue weighted by Crippen LogP contribution is -2.45. The van der Waals surface area contributed by atoms with Gasteiger partial charge in [-0.1, -0.05) is 23.7 Å². The Labute approximate surface area is 250 Å². The molecule has 2 N–H and O–H groups in total. The van der Waals surface area contributed by atoms with Crippen molar-refractivity contribution in [1.29, 1.82) is 0 Å². The summed E-state index contributed by atoms with van der Waals surface area (Å²) in [6, 6.07) is 9.31. The minimum Gasteiger partial charge on any atom is -0.480 e. The van der Waals surface area contributed by atoms with Crippen molar-refractivity contribution >= 4 is 39.1 Å². The number of sulfonamides is 1. The fourth-order valence-corrected chi connectivity index (χ4v) is 6.75. The molecule has 1 aliphatic heterocycles. The maximum Gasteiger partial charge on any atom is 0.416 e. The van der Waals surface area contributed by atoms with E-state index in [0.29, 0.717) is 18.4 Å². The Balaban J connectivity index is 1.54. The van der Waals surface area contributed by atoms with Crippen molar-refractivity contribution in [2.45, 2.75) is 48.9 Å². The number of aryl methyl sites for hydroxylation is 1. The number of hydrogen-bond donors (Lipinski definition) is 2. The second-order valence-electron chi connectivity index (χ2n) is 10.6. The molecule has 0 radical (unpaired) electrons. The number of alkyl halides is 3. The van der Waals surface area contributed by atoms with Crippen LogP contribution in [0.15, 0.2) is 59.5 Å². The van der Waals surface area contributed by atoms with Crippen LogP contribution < -0.4 is 19.7 Å². The summed E-state index contributed by atoms with van der Waals surface area (Å²) in [5.74, 6) is -2.94. The van der Waals surface area contributed by atoms with Crippen molar-refractivity contribution in [1.82, 2.24) is 10.6 Å². The first-order valence-corrected chi connectivity index (χ1v) is 15.0. The fourth-order valence-electron chi connectivity index (χ4n) is 4.86. The van der Waals surface area contributed by atoms with E-state index in [-0.39, 0.29) is 39.0 Å². The maximum atomic E-state index is 15.5. The first kappa shape index (κ1) is 30.6. The zero-order valence-corrected chi connectivity index (χ0v) is 24.5. The van der Waals surface area contributed by atoms with E-state index in [9.17, 15) is 31.2 Å². The molecule has 0 saturated heterocycles. The van der Waals surface area contributed by atoms with Crippen LogP contribution in [0.3, 0.4) is 0 Å². The van der Waals surface area contributed by atoms with Crippen molar-refractivity contribution in [3.63, 3.8) is 0 Å². The van der Waals surface area contributed by atoms with Crippen LogP contribution in [0, 0.1) is 12.7 Å². The molecule has 1 fully saturated rings. The Morgan fingerprint density at radius 1 is 1.12 bits per heavy atom. The number of nitrogens with one attached hydrogen (secondary N) is 2. The van der Waals surface area contributed by atoms with Gasteiger partial charge >= 0.3 is 6.18 Å². The topological polar surface area (TPSA) is 105 Å². The van der Waals surface area contributed by atoms with Gasteiger partial charge in [-0.2, -0.15) is 13.2 Å². The Kier molecular flexibility index (Phi) is 7.84. The predicted octanol–water partition coefficient (Wildman–Crippen LogP) is 5.53. The molecule has 43 heavy (non-hydrogen) atoms. The first-order chi connectivity index (χ1) is 20.1. The molecule has 0 aromatic heterocycles. The number of amides is 2. The summed E-state index contributed by atoms with van der Waals surface area (Å²) < 4.78 is 90.3. The van der Waals surface area contributed by atoms with Gasteiger partial charge < -0.3 is 15.4 Å². The van der Waals surface area contributed by atoms with Gasteiger partial charge in [-0.15, -0.1) is 0 Å². The van der Waals surface area contributed by atoms with Crippen LogP contribution in [-0.2, 0) is 21.0 Å². The summed E-state index contributed by atoms with van der Waals surface area (Å²) in [6.45, 7) is 1.61. The van der Waals surface area contributed by atoms with Gasteiger partial charge in [0, 0.05) is 17.6 Å². The lowest BCUT2D eigenvalue weighted by atomic mass is 9.99. The summed E-state index contributed by atoms with van der Waals surface area (Å²) in [5.41, 5.74) is -2.00. The fraction of sp³-hybridized carbons (Fsp3) is 0.310. The normalized spacial score (nSPS) is 16.2. The second kappa shape index (κ2) is 11.0. The number of rotatable bonds is 7. The highest BCUT2D eigenvalue weighted by Gasteiger charge is 2.53. The molecule has 0 unspecified atom stereocenters. The SMILES string of the molecule is CNC(=O)C[C@H](NC(=O)c1cc(F)c2c(c1)N(S(=O)(=O)c1cccc(C)c1)CC1(CC1)O2)c1cc(C(F)(F)F)ccc1Cl. The van der Waals surface area contributed by atoms with Crippen molar-refractivity contribution in [3.05, 3.63) is 87.7 Å². The smallest absolute Gasteiger partial charge is 0.416 e. The average Bonchev–Trinajstić information content (AvgIpc) is 3.70. The molecule has 1 saturated carbocycles. The Morgan fingerprint density at radius 2 is 1.84 bits per heavy atom. The first-order valence-electron chi connectivity index (χ1n) is 13.1. The van der Waals surface area contributed by atoms with Gasteiger partial charge in [-0.3, -0.25) is 13.9 Å². The van der Waals surface area contributed by atoms with Crippen LogP contribution >= 0.6 is 11.6 Å². The largest absolute Gasteiger partial charge is 0.480 e. The van der Waals surface area contributed by atoms with Crippen molar-refractivity contribution in [2.75, 3.05) is 17.9 Å². The van der Waals surface area contributed by atoms with E-state index in [0.717, 1.165) is 34.6 Å². The molecular formula is C29H26ClF4N3O5S. The van der Waals surface area contributed by atoms with Crippen LogP contribution in [-0.4, -0.2) is 39.4 Å². The number of halogens is 5. The number of carbonyl (C=O) groups excluding carboxylic acids is 2. The summed E-state index contributed by atoms with van der Waals surface area (Å²) in [4.78, 5) is 25.7. The van der Waals surface area contributed by atoms with Gasteiger partial charge in [0.2, 0.25) is 5.91 Å². The molecule has 3 aromatic carbocycles. The molecule has 1 spiro atoms. The van der Waals surface area contributed by atoms with Gasteiger partial charge in [-0.05, 0) is 73.4 Å². The van der Waals surface area contributed by atoms with Crippen LogP contribution in [0.4, 0.5) is 23.2 Å². The van der Waals surface area contributed by atoms with Gasteiger partial charge in [0.15, 0.2) is 11.6 Å². The van der Waals surface area contributed by atoms with E-state index in [4.69, 9.17) is 16.3 Å². The monoisotopic (exact) mass is 639 g/mol. The number of ether oxygens (including phenoxy) is 1. The molecule has 1 aliphatic carbocycles. The molecular weight excluding hydrogens is 614 g/mol. The minimum absolute atomic E-state index is 0.0313. The quantitative estimate of drug-likeness (QED) is 0.331. The Bertz CT molecular complexity index is 1730. The Hall–Kier alpha value is -3.84. The number of hydrogen-bond acceptors (Lipinski definition) is 5. The lowest BCUT2D eigenvalue weighted by molar-refractivity contribution is -0.137. The number of anilines is 1. The van der Waals surface area contributed by atoms with Gasteiger partial charge in [0.25, 0.3) is 15.9 Å². The zero-order valence-electron chi connectivity index (χ0n) is 22.9. The standard InChI is InChI=1S/C29H26ClF4N3O5S/c1-16-4-3-5-19(10-16)43(40,41)37-15-28(8-9-28)42-26-22(31)11-17(12-24(26)37)27(39)36-23(14-25(38)35-2)20-13-18(29(32,33)34)6-7-21(20)30/h3-7,10-13,23H,8-9,14-15H2,1-2H3,(H,35,38)(H,36,39)/t23-/m0/s1. The van der Waals surface area contributed by atoms with Gasteiger partial charge in [0.1, 0.15) is 5.60 Å². The average molecular weight is 640 g/mol. The summed E-state index contributed by atoms with van der Waals surface area (Å²) in [6.07, 6.45) is -4.20. The molecule has 1 heterocycles. The molecule has 1 atom stereocenters. The highest BCUT2D eigenvalue weighted by atomic mass is 35.5. The van der Waals surface area contributed by atoms with Crippen LogP contribution in [0.1, 0.15) is 52.4 Å². The van der Waals surface area contributed by atoms with E-state index in [1.54, 1.807) is 19.1 Å². The second-order valence-corrected chi connectivity index (χ2v) is 12.8. The number of nitrogens with zero attached hydrogens (tertiary/aromatic N) is 1. The molecule has 2 amide bonds. The van der Waals surface area contributed by atoms with Crippen molar-refractivity contribution in [3.8, 4) is 5.75 Å². The summed E-state index contributed by atoms with van der Waals surface area (Å²) in [7, 11) is -2.91. The number of benzene rings is 3. The van der Waals surface area contributed by atoms with Crippen molar-refractivity contribution < 1.29 is 40.3 Å². The third-order valence-electron chi connectivity index (χ3n) is 7.36. The van der Waals surface area contributed by atoms with E-state index in [1.165, 1.54) is 19.2 Å². The van der Waals surface area contributed by atoms with Crippen LogP contribution in [0.2, 0.25) is 5.02 Å². The third kappa shape index (κ3) is 6.14. The highest BCUT2D eigenvalue weighted by molar-refractivity contribution is 7.92. The summed E-state index contributed by atoms with van der Waals surface area (Å²) >= 11 is 6.19. The molecule has 228 valence electrons. The Morgan fingerprint density at radius 3 is 2.47 bits per heavy atom. The van der Waals surface area contributed by atoms with Crippen LogP contribution in [0.5, 0.6) is 5.75 Å². The van der Waals surface area contributed by atoms with E-state index >= 15 is 4.39 Å². The molecule has 5 rings (SSSR count). The minimum atomic E-state index is -4.73. The van der Waals surface area contributed by atoms with Crippen LogP contribution in [0.25, 0.3) is 0 Å². The molecule has 2 aliphatic rings. The van der Waals surface area contributed by atoms with E-state index in [1.807, 2.05) is 0 Å². The van der Waals surface area contributed by atoms with Gasteiger partial charge in [0.05, 0.1) is 35.2 Å². The highest BCUT2D eigenvalue weighted by Crippen LogP contribution is 2.51. The lowest BCUT2D eigenvalue weighted by Gasteiger charge is -2.36. The predicted molar refractivity (Wildman–Crippen MR) is 150 cm³/mol. The number of carbonyl (C=O) groups is 2. The van der Waals surface area contributed by atoms with Crippen molar-refractivity contribution in [2.24, 2.45) is 0 Å². The molecule has 8 nitrogen and oxygen atoms in total. The van der Waals surface area contributed by atoms with Gasteiger partial charge in [-0.25, -0.2) is 12.8 Å². The molecule has 0 bridgehead atoms. The number of fused-ring (bicyclic) bond motifs is 1. The molecule has 14 heteroatoms. The molecule has 3 aromatic rings. The summed E-state index contributed by atoms with van der Waals surface area (Å²) in [5, 5.41) is 4.66. The van der Waals surface area contributed by atoms with E-state index in [2.05, 4.69) is 10.6 Å². The maximum absolute atomic E-state index is 15.5. The third-order valence-corrected chi connectivity index (χ3v) is 9.46. The van der Waals surface area contributed by atoms with E-state index < -0.39 is 57.5 Å².